The van der Waals surface area contributed by atoms with Gasteiger partial charge in [-0.25, -0.2) is 13.2 Å². The molecular weight excluding hydrogens is 504 g/mol. The number of nitriles is 1. The van der Waals surface area contributed by atoms with E-state index >= 15 is 0 Å². The maximum atomic E-state index is 14.3. The predicted molar refractivity (Wildman–Crippen MR) is 142 cm³/mol. The maximum Gasteiger partial charge on any atom is 0.337 e. The van der Waals surface area contributed by atoms with Crippen molar-refractivity contribution >= 4 is 26.8 Å². The monoisotopic (exact) mass is 530 g/mol. The molecule has 0 saturated heterocycles. The summed E-state index contributed by atoms with van der Waals surface area (Å²) in [5.41, 5.74) is 1.89. The van der Waals surface area contributed by atoms with Crippen LogP contribution < -0.4 is 9.47 Å². The Morgan fingerprint density at radius 3 is 1.84 bits per heavy atom. The second-order valence-corrected chi connectivity index (χ2v) is 10.4. The molecule has 0 aliphatic rings. The van der Waals surface area contributed by atoms with Gasteiger partial charge in [-0.15, -0.1) is 0 Å². The Balaban J connectivity index is 1.87. The maximum absolute atomic E-state index is 14.3. The van der Waals surface area contributed by atoms with Crippen molar-refractivity contribution in [1.29, 1.82) is 5.26 Å². The zero-order chi connectivity index (χ0) is 27.3. The smallest absolute Gasteiger partial charge is 0.337 e. The average molecular weight is 531 g/mol. The minimum Gasteiger partial charge on any atom is -0.497 e. The molecule has 0 unspecified atom stereocenters. The van der Waals surface area contributed by atoms with E-state index in [4.69, 9.17) is 14.2 Å². The Morgan fingerprint density at radius 1 is 0.816 bits per heavy atom. The highest BCUT2D eigenvalue weighted by atomic mass is 32.2. The van der Waals surface area contributed by atoms with Crippen LogP contribution in [-0.4, -0.2) is 40.0 Å². The van der Waals surface area contributed by atoms with E-state index in [0.29, 0.717) is 27.8 Å². The molecular formula is C29H26N2O6S. The molecule has 4 rings (SSSR count). The van der Waals surface area contributed by atoms with Crippen LogP contribution in [-0.2, 0) is 27.8 Å². The molecule has 4 aromatic carbocycles. The quantitative estimate of drug-likeness (QED) is 0.283. The van der Waals surface area contributed by atoms with Gasteiger partial charge in [0.25, 0.3) is 0 Å². The molecule has 0 aromatic heterocycles. The predicted octanol–water partition coefficient (Wildman–Crippen LogP) is 4.91. The molecule has 0 heterocycles. The summed E-state index contributed by atoms with van der Waals surface area (Å²) >= 11 is 0. The van der Waals surface area contributed by atoms with Gasteiger partial charge in [0.15, 0.2) is 0 Å². The van der Waals surface area contributed by atoms with Crippen molar-refractivity contribution in [2.24, 2.45) is 0 Å². The molecule has 0 atom stereocenters. The number of carbonyl (C=O) groups excluding carboxylic acids is 1. The third-order valence-electron chi connectivity index (χ3n) is 6.12. The van der Waals surface area contributed by atoms with E-state index < -0.39 is 16.0 Å². The summed E-state index contributed by atoms with van der Waals surface area (Å²) < 4.78 is 45.3. The first kappa shape index (κ1) is 26.7. The lowest BCUT2D eigenvalue weighted by atomic mass is 10.0. The van der Waals surface area contributed by atoms with Crippen LogP contribution in [0.2, 0.25) is 0 Å². The highest BCUT2D eigenvalue weighted by Gasteiger charge is 2.29. The summed E-state index contributed by atoms with van der Waals surface area (Å²) in [6.45, 7) is 0.112. The summed E-state index contributed by atoms with van der Waals surface area (Å²) in [4.78, 5) is 12.3. The van der Waals surface area contributed by atoms with Gasteiger partial charge in [0, 0.05) is 18.5 Å². The molecule has 4 aromatic rings. The molecule has 0 N–H and O–H groups in total. The van der Waals surface area contributed by atoms with E-state index in [1.54, 1.807) is 80.9 Å². The molecule has 9 heteroatoms. The number of carbonyl (C=O) groups is 1. The van der Waals surface area contributed by atoms with Crippen LogP contribution in [0.4, 0.5) is 0 Å². The van der Waals surface area contributed by atoms with E-state index in [1.165, 1.54) is 23.5 Å². The van der Waals surface area contributed by atoms with E-state index in [-0.39, 0.29) is 23.5 Å². The van der Waals surface area contributed by atoms with Gasteiger partial charge >= 0.3 is 5.97 Å². The van der Waals surface area contributed by atoms with Gasteiger partial charge in [0.2, 0.25) is 10.0 Å². The summed E-state index contributed by atoms with van der Waals surface area (Å²) in [6.07, 6.45) is 0. The van der Waals surface area contributed by atoms with Crippen LogP contribution in [0, 0.1) is 11.3 Å². The Kier molecular flexibility index (Phi) is 7.96. The summed E-state index contributed by atoms with van der Waals surface area (Å²) in [5, 5.41) is 10.3. The fourth-order valence-electron chi connectivity index (χ4n) is 4.08. The van der Waals surface area contributed by atoms with Gasteiger partial charge < -0.3 is 14.2 Å². The van der Waals surface area contributed by atoms with Crippen molar-refractivity contribution in [3.05, 3.63) is 101 Å². The Morgan fingerprint density at radius 2 is 1.37 bits per heavy atom. The van der Waals surface area contributed by atoms with Crippen molar-refractivity contribution in [3.8, 4) is 17.6 Å². The topological polar surface area (TPSA) is 106 Å². The number of esters is 1. The number of ether oxygens (including phenoxy) is 3. The molecule has 194 valence electrons. The molecule has 0 fully saturated rings. The highest BCUT2D eigenvalue weighted by molar-refractivity contribution is 7.89. The number of hydrogen-bond donors (Lipinski definition) is 0. The first-order chi connectivity index (χ1) is 18.3. The van der Waals surface area contributed by atoms with Crippen molar-refractivity contribution in [1.82, 2.24) is 4.31 Å². The number of benzene rings is 4. The summed E-state index contributed by atoms with van der Waals surface area (Å²) in [7, 11) is 0.164. The van der Waals surface area contributed by atoms with Crippen molar-refractivity contribution in [3.63, 3.8) is 0 Å². The lowest BCUT2D eigenvalue weighted by molar-refractivity contribution is 0.0600. The second kappa shape index (κ2) is 11.3. The first-order valence-corrected chi connectivity index (χ1v) is 13.0. The molecule has 8 nitrogen and oxygen atoms in total. The van der Waals surface area contributed by atoms with E-state index in [9.17, 15) is 18.5 Å². The molecule has 0 aliphatic heterocycles. The van der Waals surface area contributed by atoms with Gasteiger partial charge in [0.05, 0.1) is 43.4 Å². The normalized spacial score (nSPS) is 11.2. The minimum atomic E-state index is -4.19. The van der Waals surface area contributed by atoms with Crippen LogP contribution in [0.1, 0.15) is 27.0 Å². The van der Waals surface area contributed by atoms with Crippen molar-refractivity contribution in [2.75, 3.05) is 21.3 Å². The standard InChI is InChI=1S/C29H26N2O6S/c1-35-25-10-5-20(6-11-25)18-31(19-21-7-12-26(36-2)13-8-21)38(33,34)28-16-24(29(32)37-3)15-23-9-4-22(17-30)14-27(23)28/h4-16H,18-19H2,1-3H3. The van der Waals surface area contributed by atoms with Gasteiger partial charge in [0.1, 0.15) is 11.5 Å². The zero-order valence-electron chi connectivity index (χ0n) is 21.2. The Hall–Kier alpha value is -4.39. The zero-order valence-corrected chi connectivity index (χ0v) is 22.0. The van der Waals surface area contributed by atoms with Crippen LogP contribution in [0.3, 0.4) is 0 Å². The fraction of sp³-hybridized carbons (Fsp3) is 0.172. The lowest BCUT2D eigenvalue weighted by Gasteiger charge is -2.24. The van der Waals surface area contributed by atoms with Gasteiger partial charge in [-0.3, -0.25) is 0 Å². The van der Waals surface area contributed by atoms with Crippen molar-refractivity contribution < 1.29 is 27.4 Å². The highest BCUT2D eigenvalue weighted by Crippen LogP contribution is 2.31. The molecule has 0 saturated carbocycles. The Bertz CT molecular complexity index is 1560. The number of fused-ring (bicyclic) bond motifs is 1. The summed E-state index contributed by atoms with van der Waals surface area (Å²) in [5.74, 6) is 0.641. The summed E-state index contributed by atoms with van der Waals surface area (Å²) in [6, 6.07) is 23.9. The second-order valence-electron chi connectivity index (χ2n) is 8.48. The number of methoxy groups -OCH3 is 3. The molecule has 0 spiro atoms. The van der Waals surface area contributed by atoms with Crippen LogP contribution >= 0.6 is 0 Å². The first-order valence-electron chi connectivity index (χ1n) is 11.6. The molecule has 38 heavy (non-hydrogen) atoms. The average Bonchev–Trinajstić information content (AvgIpc) is 2.96. The number of hydrogen-bond acceptors (Lipinski definition) is 7. The van der Waals surface area contributed by atoms with E-state index in [2.05, 4.69) is 6.07 Å². The van der Waals surface area contributed by atoms with Crippen LogP contribution in [0.15, 0.2) is 83.8 Å². The van der Waals surface area contributed by atoms with Crippen LogP contribution in [0.5, 0.6) is 11.5 Å². The third-order valence-corrected chi connectivity index (χ3v) is 7.95. The van der Waals surface area contributed by atoms with Gasteiger partial charge in [-0.1, -0.05) is 30.3 Å². The van der Waals surface area contributed by atoms with Gasteiger partial charge in [-0.05, 0) is 65.0 Å². The van der Waals surface area contributed by atoms with E-state index in [0.717, 1.165) is 11.1 Å². The Labute approximate surface area is 221 Å². The molecule has 0 bridgehead atoms. The van der Waals surface area contributed by atoms with Crippen molar-refractivity contribution in [2.45, 2.75) is 18.0 Å². The number of sulfonamides is 1. The fourth-order valence-corrected chi connectivity index (χ4v) is 5.72. The third kappa shape index (κ3) is 5.62. The molecule has 0 radical (unpaired) electrons. The molecule has 0 amide bonds. The van der Waals surface area contributed by atoms with Gasteiger partial charge in [-0.2, -0.15) is 9.57 Å². The lowest BCUT2D eigenvalue weighted by Crippen LogP contribution is -2.30. The SMILES string of the molecule is COC(=O)c1cc(S(=O)(=O)N(Cc2ccc(OC)cc2)Cc2ccc(OC)cc2)c2cc(C#N)ccc2c1. The number of rotatable bonds is 9. The number of nitrogens with zero attached hydrogens (tertiary/aromatic N) is 2. The minimum absolute atomic E-state index is 0.0558. The van der Waals surface area contributed by atoms with Crippen LogP contribution in [0.25, 0.3) is 10.8 Å². The largest absolute Gasteiger partial charge is 0.497 e. The molecule has 0 aliphatic carbocycles. The van der Waals surface area contributed by atoms with E-state index in [1.807, 2.05) is 0 Å².